The van der Waals surface area contributed by atoms with E-state index in [4.69, 9.17) is 20.3 Å². The summed E-state index contributed by atoms with van der Waals surface area (Å²) in [5.74, 6) is 0.928. The van der Waals surface area contributed by atoms with Crippen LogP contribution in [0.15, 0.2) is 67.2 Å². The number of piperidine rings is 1. The van der Waals surface area contributed by atoms with Crippen molar-refractivity contribution in [3.63, 3.8) is 0 Å². The Morgan fingerprint density at radius 2 is 1.70 bits per heavy atom. The number of carbonyl (C=O) groups is 1. The van der Waals surface area contributed by atoms with Crippen molar-refractivity contribution < 1.29 is 36.9 Å². The Hall–Kier alpha value is -4.77. The van der Waals surface area contributed by atoms with E-state index in [2.05, 4.69) is 48.0 Å². The Balaban J connectivity index is 0.000000279. The highest BCUT2D eigenvalue weighted by Gasteiger charge is 2.27. The van der Waals surface area contributed by atoms with Gasteiger partial charge in [-0.2, -0.15) is 13.2 Å². The van der Waals surface area contributed by atoms with Crippen LogP contribution < -0.4 is 20.5 Å². The summed E-state index contributed by atoms with van der Waals surface area (Å²) in [7, 11) is 3.41. The topological polar surface area (TPSA) is 97.0 Å². The lowest BCUT2D eigenvalue weighted by molar-refractivity contribution is -0.137. The number of carboxylic acid groups (broad SMARTS) is 1. The fourth-order valence-electron chi connectivity index (χ4n) is 6.36. The summed E-state index contributed by atoms with van der Waals surface area (Å²) in [5.41, 5.74) is 10.2. The fraction of sp³-hybridized carbons (Fsp3) is 0.359. The Labute approximate surface area is 290 Å². The van der Waals surface area contributed by atoms with Crippen molar-refractivity contribution in [1.29, 1.82) is 0 Å². The van der Waals surface area contributed by atoms with Crippen molar-refractivity contribution in [3.05, 3.63) is 95.3 Å². The van der Waals surface area contributed by atoms with Crippen LogP contribution in [-0.4, -0.2) is 56.0 Å². The van der Waals surface area contributed by atoms with E-state index in [1.165, 1.54) is 18.9 Å². The van der Waals surface area contributed by atoms with Gasteiger partial charge in [0.1, 0.15) is 23.9 Å². The average Bonchev–Trinajstić information content (AvgIpc) is 3.06. The minimum Gasteiger partial charge on any atom is -0.496 e. The van der Waals surface area contributed by atoms with Crippen LogP contribution in [0.5, 0.6) is 11.5 Å². The second-order valence-corrected chi connectivity index (χ2v) is 12.6. The molecule has 0 spiro atoms. The molecule has 4 N–H and O–H groups in total. The molecule has 11 heteroatoms. The summed E-state index contributed by atoms with van der Waals surface area (Å²) in [5, 5.41) is 13.4. The molecular weight excluding hydrogens is 650 g/mol. The molecular formula is C39H45F4N3O4. The number of hydrogen-bond acceptors (Lipinski definition) is 6. The van der Waals surface area contributed by atoms with Gasteiger partial charge in [-0.15, -0.1) is 0 Å². The number of likely N-dealkylation sites (tertiary alicyclic amines) is 1. The normalized spacial score (nSPS) is 13.8. The number of methoxy groups -OCH3 is 2. The lowest BCUT2D eigenvalue weighted by atomic mass is 9.92. The van der Waals surface area contributed by atoms with E-state index in [0.717, 1.165) is 76.1 Å². The predicted molar refractivity (Wildman–Crippen MR) is 191 cm³/mol. The van der Waals surface area contributed by atoms with Gasteiger partial charge in [-0.25, -0.2) is 4.39 Å². The summed E-state index contributed by atoms with van der Waals surface area (Å²) in [6.45, 7) is 9.12. The molecule has 4 aromatic rings. The van der Waals surface area contributed by atoms with Gasteiger partial charge in [-0.05, 0) is 90.9 Å². The number of fused-ring (bicyclic) bond motifs is 1. The summed E-state index contributed by atoms with van der Waals surface area (Å²) < 4.78 is 61.2. The van der Waals surface area contributed by atoms with E-state index in [0.29, 0.717) is 12.0 Å². The van der Waals surface area contributed by atoms with Gasteiger partial charge in [0, 0.05) is 35.5 Å². The number of aliphatic carboxylic acids is 1. The van der Waals surface area contributed by atoms with Crippen molar-refractivity contribution in [2.75, 3.05) is 39.2 Å². The molecule has 0 bridgehead atoms. The number of ether oxygens (including phenoxy) is 2. The molecule has 268 valence electrons. The number of nitrogens with one attached hydrogen (secondary N) is 1. The van der Waals surface area contributed by atoms with E-state index in [-0.39, 0.29) is 23.4 Å². The molecule has 7 nitrogen and oxygen atoms in total. The average molecular weight is 696 g/mol. The highest BCUT2D eigenvalue weighted by Crippen LogP contribution is 2.44. The Morgan fingerprint density at radius 3 is 2.30 bits per heavy atom. The van der Waals surface area contributed by atoms with Crippen LogP contribution >= 0.6 is 0 Å². The highest BCUT2D eigenvalue weighted by molar-refractivity contribution is 6.01. The number of alkyl halides is 3. The maximum atomic E-state index is 13.5. The monoisotopic (exact) mass is 695 g/mol. The molecule has 1 aliphatic heterocycles. The number of anilines is 1. The van der Waals surface area contributed by atoms with Crippen LogP contribution in [0.3, 0.4) is 0 Å². The third-order valence-electron chi connectivity index (χ3n) is 8.89. The largest absolute Gasteiger partial charge is 0.496 e. The molecule has 0 aliphatic carbocycles. The van der Waals surface area contributed by atoms with Gasteiger partial charge in [-0.3, -0.25) is 9.69 Å². The van der Waals surface area contributed by atoms with Gasteiger partial charge in [0.2, 0.25) is 0 Å². The minimum absolute atomic E-state index is 0.0439. The van der Waals surface area contributed by atoms with Gasteiger partial charge >= 0.3 is 12.1 Å². The van der Waals surface area contributed by atoms with E-state index in [1.54, 1.807) is 21.1 Å². The molecule has 0 amide bonds. The van der Waals surface area contributed by atoms with Gasteiger partial charge < -0.3 is 25.6 Å². The van der Waals surface area contributed by atoms with Crippen LogP contribution in [-0.2, 0) is 17.8 Å². The molecule has 0 aromatic heterocycles. The number of nitrogens with two attached hydrogens (primary N) is 1. The quantitative estimate of drug-likeness (QED) is 0.135. The first-order chi connectivity index (χ1) is 23.7. The van der Waals surface area contributed by atoms with Crippen LogP contribution in [0.25, 0.3) is 27.6 Å². The SMILES string of the molecule is C=C(N)c1c(C)cc(NCC(F)(F)F)cc1F.COc1ccc(CN2CCC(C)CC2)c(OC)c1-c1cccc2c(CCC(=O)O)cccc12. The van der Waals surface area contributed by atoms with E-state index in [1.807, 2.05) is 24.3 Å². The number of aryl methyl sites for hydroxylation is 2. The lowest BCUT2D eigenvalue weighted by Crippen LogP contribution is -2.32. The molecule has 50 heavy (non-hydrogen) atoms. The van der Waals surface area contributed by atoms with E-state index < -0.39 is 24.5 Å². The predicted octanol–water partition coefficient (Wildman–Crippen LogP) is 8.81. The summed E-state index contributed by atoms with van der Waals surface area (Å²) in [6.07, 6.45) is -1.28. The summed E-state index contributed by atoms with van der Waals surface area (Å²) >= 11 is 0. The second-order valence-electron chi connectivity index (χ2n) is 12.6. The smallest absolute Gasteiger partial charge is 0.405 e. The third-order valence-corrected chi connectivity index (χ3v) is 8.89. The molecule has 1 saturated heterocycles. The molecule has 0 radical (unpaired) electrons. The Bertz CT molecular complexity index is 1790. The molecule has 0 saturated carbocycles. The number of carboxylic acids is 1. The number of halogens is 4. The second kappa shape index (κ2) is 16.8. The maximum absolute atomic E-state index is 13.5. The van der Waals surface area contributed by atoms with Crippen molar-refractivity contribution in [2.24, 2.45) is 11.7 Å². The van der Waals surface area contributed by atoms with Gasteiger partial charge in [0.05, 0.1) is 19.8 Å². The van der Waals surface area contributed by atoms with E-state index in [9.17, 15) is 22.4 Å². The number of benzene rings is 4. The number of hydrogen-bond donors (Lipinski definition) is 3. The maximum Gasteiger partial charge on any atom is 0.405 e. The molecule has 1 fully saturated rings. The zero-order valence-corrected chi connectivity index (χ0v) is 28.9. The van der Waals surface area contributed by atoms with Crippen molar-refractivity contribution in [1.82, 2.24) is 4.90 Å². The fourth-order valence-corrected chi connectivity index (χ4v) is 6.36. The van der Waals surface area contributed by atoms with Crippen LogP contribution in [0.2, 0.25) is 0 Å². The molecule has 4 aromatic carbocycles. The summed E-state index contributed by atoms with van der Waals surface area (Å²) in [6, 6.07) is 18.8. The highest BCUT2D eigenvalue weighted by atomic mass is 19.4. The molecule has 5 rings (SSSR count). The molecule has 1 aliphatic rings. The minimum atomic E-state index is -4.35. The van der Waals surface area contributed by atoms with Crippen molar-refractivity contribution >= 4 is 28.1 Å². The summed E-state index contributed by atoms with van der Waals surface area (Å²) in [4.78, 5) is 13.6. The third kappa shape index (κ3) is 9.68. The molecule has 0 unspecified atom stereocenters. The van der Waals surface area contributed by atoms with Gasteiger partial charge in [0.15, 0.2) is 0 Å². The molecule has 1 heterocycles. The van der Waals surface area contributed by atoms with E-state index >= 15 is 0 Å². The standard InChI is InChI=1S/C28H33NO4.C11H12F4N2/c1-19-14-16-29(17-15-19)18-21-10-12-25(32-2)27(28(21)33-3)24-9-5-7-22-20(11-13-26(30)31)6-4-8-23(22)24;1-6-3-8(17-5-11(13,14)15)4-9(12)10(6)7(2)16/h4-10,12,19H,11,13-18H2,1-3H3,(H,30,31);3-4,17H,2,5,16H2,1H3. The first-order valence-electron chi connectivity index (χ1n) is 16.5. The van der Waals surface area contributed by atoms with Crippen LogP contribution in [0, 0.1) is 18.7 Å². The van der Waals surface area contributed by atoms with Gasteiger partial charge in [-0.1, -0.05) is 56.0 Å². The zero-order valence-electron chi connectivity index (χ0n) is 28.9. The Morgan fingerprint density at radius 1 is 1.02 bits per heavy atom. The molecule has 0 atom stereocenters. The number of nitrogens with zero attached hydrogens (tertiary/aromatic N) is 1. The van der Waals surface area contributed by atoms with Crippen molar-refractivity contribution in [2.45, 2.75) is 52.3 Å². The number of rotatable bonds is 11. The van der Waals surface area contributed by atoms with Gasteiger partial charge in [0.25, 0.3) is 0 Å². The Kier molecular flexibility index (Phi) is 12.7. The van der Waals surface area contributed by atoms with Crippen molar-refractivity contribution in [3.8, 4) is 22.6 Å². The lowest BCUT2D eigenvalue weighted by Gasteiger charge is -2.31. The van der Waals surface area contributed by atoms with Crippen LogP contribution in [0.1, 0.15) is 48.4 Å². The first-order valence-corrected chi connectivity index (χ1v) is 16.5. The zero-order chi connectivity index (χ0) is 36.6. The first kappa shape index (κ1) is 38.0. The van der Waals surface area contributed by atoms with Crippen LogP contribution in [0.4, 0.5) is 23.2 Å².